The van der Waals surface area contributed by atoms with Crippen molar-refractivity contribution in [3.05, 3.63) is 58.6 Å². The summed E-state index contributed by atoms with van der Waals surface area (Å²) in [5.74, 6) is -0.669. The Kier molecular flexibility index (Phi) is 4.75. The van der Waals surface area contributed by atoms with Crippen LogP contribution in [0.3, 0.4) is 0 Å². The summed E-state index contributed by atoms with van der Waals surface area (Å²) < 4.78 is 18.8. The SMILES string of the molecule is N#Cc1ccc(C(=O)NC23CC(CC(=O)COc4ccc(Cl)c(F)c4)(C2)C3)nc1. The molecule has 3 aliphatic carbocycles. The Morgan fingerprint density at radius 1 is 1.28 bits per heavy atom. The van der Waals surface area contributed by atoms with E-state index in [0.717, 1.165) is 25.3 Å². The standard InChI is InChI=1S/C21H17ClFN3O3/c22-16-3-2-15(5-17(16)23)29-9-14(27)6-20-10-21(11-20,12-20)26-19(28)18-4-1-13(7-24)8-25-18/h1-5,8H,6,9-12H2,(H,26,28). The van der Waals surface area contributed by atoms with E-state index in [1.54, 1.807) is 6.07 Å². The van der Waals surface area contributed by atoms with Crippen molar-refractivity contribution in [1.82, 2.24) is 10.3 Å². The number of nitriles is 1. The molecule has 2 bridgehead atoms. The lowest BCUT2D eigenvalue weighted by atomic mass is 9.38. The number of carbonyl (C=O) groups excluding carboxylic acids is 2. The highest BCUT2D eigenvalue weighted by molar-refractivity contribution is 6.30. The van der Waals surface area contributed by atoms with Crippen LogP contribution in [0.15, 0.2) is 36.5 Å². The molecular weight excluding hydrogens is 397 g/mol. The molecule has 0 radical (unpaired) electrons. The van der Waals surface area contributed by atoms with Crippen molar-refractivity contribution in [2.45, 2.75) is 31.2 Å². The summed E-state index contributed by atoms with van der Waals surface area (Å²) in [6.45, 7) is -0.128. The third kappa shape index (κ3) is 3.81. The van der Waals surface area contributed by atoms with Gasteiger partial charge in [0.2, 0.25) is 0 Å². The number of carbonyl (C=O) groups is 2. The van der Waals surface area contributed by atoms with Crippen LogP contribution in [-0.2, 0) is 4.79 Å². The third-order valence-corrected chi connectivity index (χ3v) is 5.81. The Morgan fingerprint density at radius 3 is 2.66 bits per heavy atom. The first-order valence-corrected chi connectivity index (χ1v) is 9.48. The van der Waals surface area contributed by atoms with Crippen LogP contribution in [0.25, 0.3) is 0 Å². The number of nitrogens with zero attached hydrogens (tertiary/aromatic N) is 2. The van der Waals surface area contributed by atoms with Crippen molar-refractivity contribution < 1.29 is 18.7 Å². The zero-order chi connectivity index (χ0) is 20.6. The van der Waals surface area contributed by atoms with Gasteiger partial charge >= 0.3 is 0 Å². The second-order valence-electron chi connectivity index (χ2n) is 7.89. The van der Waals surface area contributed by atoms with Gasteiger partial charge in [0.25, 0.3) is 5.91 Å². The summed E-state index contributed by atoms with van der Waals surface area (Å²) in [5, 5.41) is 11.8. The molecule has 1 heterocycles. The van der Waals surface area contributed by atoms with E-state index in [1.807, 2.05) is 6.07 Å². The highest BCUT2D eigenvalue weighted by atomic mass is 35.5. The first-order chi connectivity index (χ1) is 13.8. The van der Waals surface area contributed by atoms with Crippen LogP contribution < -0.4 is 10.1 Å². The predicted octanol–water partition coefficient (Wildman–Crippen LogP) is 3.44. The molecule has 0 saturated heterocycles. The van der Waals surface area contributed by atoms with Crippen molar-refractivity contribution >= 4 is 23.3 Å². The minimum absolute atomic E-state index is 0.00101. The Morgan fingerprint density at radius 2 is 2.03 bits per heavy atom. The number of Topliss-reactive ketones (excluding diaryl/α,β-unsaturated/α-hetero) is 1. The molecule has 3 aliphatic rings. The molecule has 1 aromatic heterocycles. The van der Waals surface area contributed by atoms with Crippen LogP contribution in [0, 0.1) is 22.6 Å². The van der Waals surface area contributed by atoms with Crippen molar-refractivity contribution in [3.8, 4) is 11.8 Å². The van der Waals surface area contributed by atoms with Gasteiger partial charge in [0.1, 0.15) is 29.9 Å². The molecule has 0 unspecified atom stereocenters. The summed E-state index contributed by atoms with van der Waals surface area (Å²) in [5.41, 5.74) is 0.306. The van der Waals surface area contributed by atoms with E-state index < -0.39 is 5.82 Å². The number of amides is 1. The highest BCUT2D eigenvalue weighted by Crippen LogP contribution is 2.69. The number of benzene rings is 1. The van der Waals surface area contributed by atoms with Crippen LogP contribution in [0.1, 0.15) is 41.7 Å². The number of aromatic nitrogens is 1. The molecule has 29 heavy (non-hydrogen) atoms. The average Bonchev–Trinajstić information content (AvgIpc) is 2.66. The maximum atomic E-state index is 13.4. The molecule has 3 saturated carbocycles. The van der Waals surface area contributed by atoms with Crippen molar-refractivity contribution in [2.24, 2.45) is 5.41 Å². The van der Waals surface area contributed by atoms with E-state index in [0.29, 0.717) is 12.0 Å². The van der Waals surface area contributed by atoms with E-state index in [-0.39, 0.29) is 45.7 Å². The number of rotatable bonds is 7. The summed E-state index contributed by atoms with van der Waals surface area (Å²) >= 11 is 5.62. The molecule has 6 nitrogen and oxygen atoms in total. The fourth-order valence-corrected chi connectivity index (χ4v) is 4.53. The zero-order valence-electron chi connectivity index (χ0n) is 15.4. The maximum Gasteiger partial charge on any atom is 0.270 e. The molecule has 0 aliphatic heterocycles. The van der Waals surface area contributed by atoms with Crippen LogP contribution >= 0.6 is 11.6 Å². The fourth-order valence-electron chi connectivity index (χ4n) is 4.42. The molecule has 3 fully saturated rings. The number of pyridine rings is 1. The monoisotopic (exact) mass is 413 g/mol. The van der Waals surface area contributed by atoms with Gasteiger partial charge in [0.05, 0.1) is 10.6 Å². The maximum absolute atomic E-state index is 13.4. The van der Waals surface area contributed by atoms with Crippen molar-refractivity contribution in [1.29, 1.82) is 5.26 Å². The topological polar surface area (TPSA) is 92.1 Å². The first-order valence-electron chi connectivity index (χ1n) is 9.10. The van der Waals surface area contributed by atoms with Crippen LogP contribution in [0.2, 0.25) is 5.02 Å². The quantitative estimate of drug-likeness (QED) is 0.750. The summed E-state index contributed by atoms with van der Waals surface area (Å²) in [6.07, 6.45) is 3.95. The molecular formula is C21H17ClFN3O3. The van der Waals surface area contributed by atoms with E-state index >= 15 is 0 Å². The highest BCUT2D eigenvalue weighted by Gasteiger charge is 2.68. The average molecular weight is 414 g/mol. The molecule has 8 heteroatoms. The van der Waals surface area contributed by atoms with Crippen LogP contribution in [0.5, 0.6) is 5.75 Å². The number of ether oxygens (including phenoxy) is 1. The van der Waals surface area contributed by atoms with E-state index in [9.17, 15) is 14.0 Å². The van der Waals surface area contributed by atoms with E-state index in [2.05, 4.69) is 10.3 Å². The van der Waals surface area contributed by atoms with Gasteiger partial charge in [-0.2, -0.15) is 5.26 Å². The Balaban J connectivity index is 1.24. The molecule has 0 atom stereocenters. The zero-order valence-corrected chi connectivity index (χ0v) is 16.1. The molecule has 148 valence electrons. The number of halogens is 2. The second-order valence-corrected chi connectivity index (χ2v) is 8.30. The van der Waals surface area contributed by atoms with Gasteiger partial charge in [-0.25, -0.2) is 9.37 Å². The fraction of sp³-hybridized carbons (Fsp3) is 0.333. The lowest BCUT2D eigenvalue weighted by molar-refractivity contribution is -0.162. The number of hydrogen-bond donors (Lipinski definition) is 1. The first kappa shape index (κ1) is 19.3. The van der Waals surface area contributed by atoms with Gasteiger partial charge in [-0.05, 0) is 48.9 Å². The van der Waals surface area contributed by atoms with E-state index in [4.69, 9.17) is 21.6 Å². The van der Waals surface area contributed by atoms with Gasteiger partial charge in [0.15, 0.2) is 5.78 Å². The van der Waals surface area contributed by atoms with Gasteiger partial charge in [-0.3, -0.25) is 9.59 Å². The molecule has 0 spiro atoms. The van der Waals surface area contributed by atoms with Gasteiger partial charge in [-0.15, -0.1) is 0 Å². The predicted molar refractivity (Wildman–Crippen MR) is 102 cm³/mol. The second kappa shape index (κ2) is 7.12. The summed E-state index contributed by atoms with van der Waals surface area (Å²) in [7, 11) is 0. The van der Waals surface area contributed by atoms with E-state index in [1.165, 1.54) is 24.4 Å². The summed E-state index contributed by atoms with van der Waals surface area (Å²) in [4.78, 5) is 28.6. The minimum atomic E-state index is -0.592. The summed E-state index contributed by atoms with van der Waals surface area (Å²) in [6, 6.07) is 9.08. The Bertz CT molecular complexity index is 1010. The largest absolute Gasteiger partial charge is 0.486 e. The molecule has 1 aromatic carbocycles. The van der Waals surface area contributed by atoms with Crippen molar-refractivity contribution in [2.75, 3.05) is 6.61 Å². The minimum Gasteiger partial charge on any atom is -0.486 e. The van der Waals surface area contributed by atoms with Crippen LogP contribution in [0.4, 0.5) is 4.39 Å². The van der Waals surface area contributed by atoms with Gasteiger partial charge in [-0.1, -0.05) is 11.6 Å². The van der Waals surface area contributed by atoms with Gasteiger partial charge in [0, 0.05) is 24.2 Å². The molecule has 1 amide bonds. The molecule has 1 N–H and O–H groups in total. The van der Waals surface area contributed by atoms with Crippen LogP contribution in [-0.4, -0.2) is 28.8 Å². The normalized spacial score (nSPS) is 23.9. The molecule has 2 aromatic rings. The number of hydrogen-bond acceptors (Lipinski definition) is 5. The third-order valence-electron chi connectivity index (χ3n) is 5.51. The number of nitrogens with one attached hydrogen (secondary N) is 1. The smallest absolute Gasteiger partial charge is 0.270 e. The lowest BCUT2D eigenvalue weighted by Crippen LogP contribution is -2.75. The number of ketones is 1. The Labute approximate surface area is 171 Å². The Hall–Kier alpha value is -2.98. The lowest BCUT2D eigenvalue weighted by Gasteiger charge is -2.70. The van der Waals surface area contributed by atoms with Crippen molar-refractivity contribution in [3.63, 3.8) is 0 Å². The molecule has 5 rings (SSSR count). The van der Waals surface area contributed by atoms with Gasteiger partial charge < -0.3 is 10.1 Å².